The molecule has 6 heteroatoms. The summed E-state index contributed by atoms with van der Waals surface area (Å²) in [5, 5.41) is 11.9. The Kier molecular flexibility index (Phi) is 6.06. The van der Waals surface area contributed by atoms with Crippen LogP contribution < -0.4 is 14.8 Å². The maximum atomic E-state index is 12.4. The molecule has 1 fully saturated rings. The van der Waals surface area contributed by atoms with Crippen LogP contribution in [0.15, 0.2) is 18.2 Å². The molecule has 1 amide bonds. The minimum absolute atomic E-state index is 0.0959. The molecule has 0 aromatic heterocycles. The molecule has 132 valence electrons. The van der Waals surface area contributed by atoms with Crippen LogP contribution >= 0.6 is 0 Å². The van der Waals surface area contributed by atoms with Crippen LogP contribution in [0.25, 0.3) is 0 Å². The number of aliphatic carboxylic acids is 1. The SMILES string of the molecule is COc1cc(C(=O)N[C@H]2CC[C@@H](C(=O)O)C2)ccc1OCC(C)C. The molecule has 1 aromatic carbocycles. The number of ether oxygens (including phenoxy) is 2. The molecule has 6 nitrogen and oxygen atoms in total. The number of benzene rings is 1. The third-order valence-corrected chi connectivity index (χ3v) is 4.12. The maximum Gasteiger partial charge on any atom is 0.306 e. The van der Waals surface area contributed by atoms with Gasteiger partial charge in [-0.1, -0.05) is 13.8 Å². The van der Waals surface area contributed by atoms with Gasteiger partial charge in [-0.2, -0.15) is 0 Å². The van der Waals surface area contributed by atoms with Crippen LogP contribution in [0.3, 0.4) is 0 Å². The van der Waals surface area contributed by atoms with Crippen molar-refractivity contribution in [3.63, 3.8) is 0 Å². The maximum absolute atomic E-state index is 12.4. The van der Waals surface area contributed by atoms with Crippen LogP contribution in [0.2, 0.25) is 0 Å². The van der Waals surface area contributed by atoms with Crippen molar-refractivity contribution in [1.29, 1.82) is 0 Å². The second-order valence-electron chi connectivity index (χ2n) is 6.59. The van der Waals surface area contributed by atoms with Crippen molar-refractivity contribution in [2.24, 2.45) is 11.8 Å². The Labute approximate surface area is 142 Å². The van der Waals surface area contributed by atoms with Crippen LogP contribution in [0.4, 0.5) is 0 Å². The lowest BCUT2D eigenvalue weighted by molar-refractivity contribution is -0.141. The minimum Gasteiger partial charge on any atom is -0.493 e. The normalized spacial score (nSPS) is 20.0. The van der Waals surface area contributed by atoms with E-state index in [1.54, 1.807) is 18.2 Å². The van der Waals surface area contributed by atoms with E-state index in [0.29, 0.717) is 48.8 Å². The number of carbonyl (C=O) groups is 2. The predicted octanol–water partition coefficient (Wildman–Crippen LogP) is 2.71. The molecule has 24 heavy (non-hydrogen) atoms. The molecule has 1 aliphatic rings. The van der Waals surface area contributed by atoms with Crippen LogP contribution in [0.5, 0.6) is 11.5 Å². The highest BCUT2D eigenvalue weighted by Gasteiger charge is 2.30. The Balaban J connectivity index is 2.00. The van der Waals surface area contributed by atoms with Crippen molar-refractivity contribution in [3.05, 3.63) is 23.8 Å². The Bertz CT molecular complexity index is 599. The Hall–Kier alpha value is -2.24. The van der Waals surface area contributed by atoms with Crippen LogP contribution in [0, 0.1) is 11.8 Å². The molecular weight excluding hydrogens is 310 g/mol. The fraction of sp³-hybridized carbons (Fsp3) is 0.556. The summed E-state index contributed by atoms with van der Waals surface area (Å²) >= 11 is 0. The van der Waals surface area contributed by atoms with Gasteiger partial charge in [0.2, 0.25) is 0 Å². The van der Waals surface area contributed by atoms with Crippen molar-refractivity contribution in [2.45, 2.75) is 39.2 Å². The van der Waals surface area contributed by atoms with E-state index < -0.39 is 5.97 Å². The summed E-state index contributed by atoms with van der Waals surface area (Å²) in [6.45, 7) is 4.68. The van der Waals surface area contributed by atoms with Gasteiger partial charge in [0.1, 0.15) is 0 Å². The van der Waals surface area contributed by atoms with Crippen molar-refractivity contribution >= 4 is 11.9 Å². The van der Waals surface area contributed by atoms with Crippen LogP contribution in [0.1, 0.15) is 43.5 Å². The molecule has 0 saturated heterocycles. The highest BCUT2D eigenvalue weighted by Crippen LogP contribution is 2.29. The topological polar surface area (TPSA) is 84.9 Å². The first-order valence-corrected chi connectivity index (χ1v) is 8.25. The molecule has 0 bridgehead atoms. The lowest BCUT2D eigenvalue weighted by Gasteiger charge is -2.15. The average molecular weight is 335 g/mol. The molecule has 2 N–H and O–H groups in total. The second-order valence-corrected chi connectivity index (χ2v) is 6.59. The van der Waals surface area contributed by atoms with E-state index in [1.165, 1.54) is 7.11 Å². The predicted molar refractivity (Wildman–Crippen MR) is 89.6 cm³/mol. The summed E-state index contributed by atoms with van der Waals surface area (Å²) in [7, 11) is 1.54. The van der Waals surface area contributed by atoms with Gasteiger partial charge < -0.3 is 19.9 Å². The van der Waals surface area contributed by atoms with E-state index in [-0.39, 0.29) is 17.9 Å². The number of methoxy groups -OCH3 is 1. The number of hydrogen-bond acceptors (Lipinski definition) is 4. The van der Waals surface area contributed by atoms with Crippen molar-refractivity contribution < 1.29 is 24.2 Å². The van der Waals surface area contributed by atoms with Gasteiger partial charge in [0, 0.05) is 11.6 Å². The van der Waals surface area contributed by atoms with Crippen molar-refractivity contribution in [3.8, 4) is 11.5 Å². The molecule has 1 saturated carbocycles. The zero-order valence-electron chi connectivity index (χ0n) is 14.4. The Morgan fingerprint density at radius 2 is 2.04 bits per heavy atom. The molecular formula is C18H25NO5. The number of amides is 1. The standard InChI is InChI=1S/C18H25NO5/c1-11(2)10-24-15-7-5-12(9-16(15)23-3)17(20)19-14-6-4-13(8-14)18(21)22/h5,7,9,11,13-14H,4,6,8,10H2,1-3H3,(H,19,20)(H,21,22)/t13-,14+/m1/s1. The lowest BCUT2D eigenvalue weighted by Crippen LogP contribution is -2.33. The van der Waals surface area contributed by atoms with Crippen LogP contribution in [-0.4, -0.2) is 36.7 Å². The van der Waals surface area contributed by atoms with Gasteiger partial charge in [0.05, 0.1) is 19.6 Å². The van der Waals surface area contributed by atoms with Gasteiger partial charge in [0.15, 0.2) is 11.5 Å². The largest absolute Gasteiger partial charge is 0.493 e. The number of rotatable bonds is 7. The summed E-state index contributed by atoms with van der Waals surface area (Å²) < 4.78 is 11.0. The van der Waals surface area contributed by atoms with Gasteiger partial charge in [-0.25, -0.2) is 0 Å². The molecule has 2 atom stereocenters. The van der Waals surface area contributed by atoms with E-state index >= 15 is 0 Å². The number of nitrogens with one attached hydrogen (secondary N) is 1. The summed E-state index contributed by atoms with van der Waals surface area (Å²) in [5.74, 6) is 0.131. The molecule has 0 radical (unpaired) electrons. The van der Waals surface area contributed by atoms with Crippen molar-refractivity contribution in [2.75, 3.05) is 13.7 Å². The number of hydrogen-bond donors (Lipinski definition) is 2. The smallest absolute Gasteiger partial charge is 0.306 e. The van der Waals surface area contributed by atoms with E-state index in [1.807, 2.05) is 0 Å². The third kappa shape index (κ3) is 4.63. The molecule has 1 aromatic rings. The average Bonchev–Trinajstić information content (AvgIpc) is 3.01. The Morgan fingerprint density at radius 1 is 1.29 bits per heavy atom. The number of carbonyl (C=O) groups excluding carboxylic acids is 1. The van der Waals surface area contributed by atoms with Crippen LogP contribution in [-0.2, 0) is 4.79 Å². The number of carboxylic acids is 1. The van der Waals surface area contributed by atoms with Gasteiger partial charge >= 0.3 is 5.97 Å². The van der Waals surface area contributed by atoms with Gasteiger partial charge in [-0.05, 0) is 43.4 Å². The highest BCUT2D eigenvalue weighted by molar-refractivity contribution is 5.95. The second kappa shape index (κ2) is 8.04. The monoisotopic (exact) mass is 335 g/mol. The molecule has 0 spiro atoms. The zero-order valence-corrected chi connectivity index (χ0v) is 14.4. The minimum atomic E-state index is -0.792. The van der Waals surface area contributed by atoms with E-state index in [0.717, 1.165) is 0 Å². The van der Waals surface area contributed by atoms with E-state index in [2.05, 4.69) is 19.2 Å². The lowest BCUT2D eigenvalue weighted by atomic mass is 10.1. The first kappa shape index (κ1) is 18.1. The third-order valence-electron chi connectivity index (χ3n) is 4.12. The fourth-order valence-electron chi connectivity index (χ4n) is 2.79. The fourth-order valence-corrected chi connectivity index (χ4v) is 2.79. The number of carboxylic acid groups (broad SMARTS) is 1. The zero-order chi connectivity index (χ0) is 17.7. The molecule has 0 heterocycles. The molecule has 0 unspecified atom stereocenters. The quantitative estimate of drug-likeness (QED) is 0.800. The highest BCUT2D eigenvalue weighted by atomic mass is 16.5. The summed E-state index contributed by atoms with van der Waals surface area (Å²) in [6, 6.07) is 4.97. The summed E-state index contributed by atoms with van der Waals surface area (Å²) in [5.41, 5.74) is 0.475. The first-order valence-electron chi connectivity index (χ1n) is 8.25. The van der Waals surface area contributed by atoms with E-state index in [9.17, 15) is 9.59 Å². The summed E-state index contributed by atoms with van der Waals surface area (Å²) in [6.07, 6.45) is 1.77. The summed E-state index contributed by atoms with van der Waals surface area (Å²) in [4.78, 5) is 23.4. The van der Waals surface area contributed by atoms with Gasteiger partial charge in [-0.3, -0.25) is 9.59 Å². The van der Waals surface area contributed by atoms with Crippen molar-refractivity contribution in [1.82, 2.24) is 5.32 Å². The van der Waals surface area contributed by atoms with Gasteiger partial charge in [-0.15, -0.1) is 0 Å². The van der Waals surface area contributed by atoms with E-state index in [4.69, 9.17) is 14.6 Å². The molecule has 2 rings (SSSR count). The van der Waals surface area contributed by atoms with Gasteiger partial charge in [0.25, 0.3) is 5.91 Å². The molecule has 1 aliphatic carbocycles. The Morgan fingerprint density at radius 3 is 2.62 bits per heavy atom. The first-order chi connectivity index (χ1) is 11.4. The molecule has 0 aliphatic heterocycles.